The van der Waals surface area contributed by atoms with Gasteiger partial charge >= 0.3 is 0 Å². The number of carboxylic acid groups (broad SMARTS) is 1. The van der Waals surface area contributed by atoms with Gasteiger partial charge < -0.3 is 9.90 Å². The van der Waals surface area contributed by atoms with E-state index in [2.05, 4.69) is 15.0 Å². The molecule has 16 heavy (non-hydrogen) atoms. The lowest BCUT2D eigenvalue weighted by Crippen LogP contribution is -2.25. The van der Waals surface area contributed by atoms with Crippen LogP contribution in [0.3, 0.4) is 0 Å². The smallest absolute Gasteiger partial charge is 0.161 e. The quantitative estimate of drug-likeness (QED) is 0.714. The molecule has 2 aromatic heterocycles. The molecular formula is C11H8N3O2-. The molecule has 0 N–H and O–H groups in total. The first-order chi connectivity index (χ1) is 7.68. The molecule has 0 unspecified atom stereocenters. The maximum Gasteiger partial charge on any atom is 0.161 e. The number of aromatic carboxylic acids is 1. The van der Waals surface area contributed by atoms with E-state index in [4.69, 9.17) is 0 Å². The van der Waals surface area contributed by atoms with Crippen LogP contribution in [0.5, 0.6) is 0 Å². The Balaban J connectivity index is 2.61. The molecule has 0 saturated carbocycles. The summed E-state index contributed by atoms with van der Waals surface area (Å²) >= 11 is 0. The summed E-state index contributed by atoms with van der Waals surface area (Å²) in [6.07, 6.45) is 3.09. The van der Waals surface area contributed by atoms with Gasteiger partial charge in [0.1, 0.15) is 0 Å². The molecule has 0 radical (unpaired) electrons. The van der Waals surface area contributed by atoms with Gasteiger partial charge in [0.25, 0.3) is 0 Å². The van der Waals surface area contributed by atoms with Crippen molar-refractivity contribution in [1.82, 2.24) is 15.0 Å². The first kappa shape index (κ1) is 10.2. The minimum absolute atomic E-state index is 0.133. The summed E-state index contributed by atoms with van der Waals surface area (Å²) in [6.45, 7) is 1.71. The predicted molar refractivity (Wildman–Crippen MR) is 54.3 cm³/mol. The number of hydrogen-bond donors (Lipinski definition) is 0. The molecule has 0 amide bonds. The largest absolute Gasteiger partial charge is 0.543 e. The molecule has 0 bridgehead atoms. The second kappa shape index (κ2) is 4.06. The van der Waals surface area contributed by atoms with Gasteiger partial charge in [0.2, 0.25) is 0 Å². The maximum atomic E-state index is 10.9. The van der Waals surface area contributed by atoms with E-state index in [-0.39, 0.29) is 5.69 Å². The van der Waals surface area contributed by atoms with Crippen molar-refractivity contribution in [3.63, 3.8) is 0 Å². The van der Waals surface area contributed by atoms with Gasteiger partial charge in [0.05, 0.1) is 11.7 Å². The SMILES string of the molecule is Cc1ccc(-c2ncccn2)c(C(=O)[O-])n1. The van der Waals surface area contributed by atoms with Crippen molar-refractivity contribution in [2.75, 3.05) is 0 Å². The summed E-state index contributed by atoms with van der Waals surface area (Å²) in [6, 6.07) is 4.99. The molecule has 0 aliphatic rings. The molecule has 0 aromatic carbocycles. The van der Waals surface area contributed by atoms with Gasteiger partial charge in [-0.05, 0) is 25.1 Å². The van der Waals surface area contributed by atoms with E-state index in [1.165, 1.54) is 0 Å². The summed E-state index contributed by atoms with van der Waals surface area (Å²) in [7, 11) is 0. The van der Waals surface area contributed by atoms with Crippen molar-refractivity contribution in [3.05, 3.63) is 42.0 Å². The maximum absolute atomic E-state index is 10.9. The summed E-state index contributed by atoms with van der Waals surface area (Å²) in [5.41, 5.74) is 0.844. The Hall–Kier alpha value is -2.30. The normalized spacial score (nSPS) is 10.1. The first-order valence-electron chi connectivity index (χ1n) is 4.65. The third-order valence-electron chi connectivity index (χ3n) is 2.03. The van der Waals surface area contributed by atoms with Crippen molar-refractivity contribution < 1.29 is 9.90 Å². The third kappa shape index (κ3) is 1.88. The van der Waals surface area contributed by atoms with Crippen LogP contribution in [0.25, 0.3) is 11.4 Å². The van der Waals surface area contributed by atoms with Gasteiger partial charge in [-0.2, -0.15) is 0 Å². The van der Waals surface area contributed by atoms with E-state index in [9.17, 15) is 9.90 Å². The lowest BCUT2D eigenvalue weighted by molar-refractivity contribution is -0.255. The highest BCUT2D eigenvalue weighted by Gasteiger charge is 2.09. The molecule has 0 aliphatic heterocycles. The molecule has 2 aromatic rings. The average molecular weight is 214 g/mol. The number of aryl methyl sites for hydroxylation is 1. The molecule has 0 atom stereocenters. The van der Waals surface area contributed by atoms with E-state index >= 15 is 0 Å². The van der Waals surface area contributed by atoms with Gasteiger partial charge in [-0.3, -0.25) is 4.98 Å². The van der Waals surface area contributed by atoms with Gasteiger partial charge in [0.15, 0.2) is 5.82 Å². The van der Waals surface area contributed by atoms with Crippen LogP contribution in [0, 0.1) is 6.92 Å². The van der Waals surface area contributed by atoms with Crippen molar-refractivity contribution in [3.8, 4) is 11.4 Å². The van der Waals surface area contributed by atoms with Crippen LogP contribution in [0.2, 0.25) is 0 Å². The van der Waals surface area contributed by atoms with Crippen LogP contribution >= 0.6 is 0 Å². The molecule has 2 heterocycles. The Labute approximate surface area is 91.8 Å². The number of rotatable bonds is 2. The second-order valence-electron chi connectivity index (χ2n) is 3.21. The number of carbonyl (C=O) groups is 1. The molecular weight excluding hydrogens is 206 g/mol. The molecule has 80 valence electrons. The van der Waals surface area contributed by atoms with E-state index in [1.54, 1.807) is 37.5 Å². The van der Waals surface area contributed by atoms with E-state index in [1.807, 2.05) is 0 Å². The zero-order valence-corrected chi connectivity index (χ0v) is 8.54. The number of carbonyl (C=O) groups excluding carboxylic acids is 1. The number of carboxylic acids is 1. The van der Waals surface area contributed by atoms with Crippen molar-refractivity contribution in [2.24, 2.45) is 0 Å². The molecule has 0 saturated heterocycles. The third-order valence-corrected chi connectivity index (χ3v) is 2.03. The van der Waals surface area contributed by atoms with Crippen LogP contribution in [0.4, 0.5) is 0 Å². The Morgan fingerprint density at radius 3 is 2.56 bits per heavy atom. The Morgan fingerprint density at radius 2 is 1.94 bits per heavy atom. The van der Waals surface area contributed by atoms with Gasteiger partial charge in [0, 0.05) is 23.7 Å². The fourth-order valence-electron chi connectivity index (χ4n) is 1.33. The average Bonchev–Trinajstić information content (AvgIpc) is 2.30. The Morgan fingerprint density at radius 1 is 1.25 bits per heavy atom. The van der Waals surface area contributed by atoms with E-state index in [0.29, 0.717) is 17.1 Å². The number of nitrogens with zero attached hydrogens (tertiary/aromatic N) is 3. The highest BCUT2D eigenvalue weighted by atomic mass is 16.4. The minimum atomic E-state index is -1.33. The van der Waals surface area contributed by atoms with Crippen LogP contribution in [0.1, 0.15) is 16.2 Å². The molecule has 0 spiro atoms. The molecule has 0 aliphatic carbocycles. The van der Waals surface area contributed by atoms with Crippen molar-refractivity contribution in [2.45, 2.75) is 6.92 Å². The number of hydrogen-bond acceptors (Lipinski definition) is 5. The second-order valence-corrected chi connectivity index (χ2v) is 3.21. The van der Waals surface area contributed by atoms with Gasteiger partial charge in [-0.15, -0.1) is 0 Å². The molecule has 5 nitrogen and oxygen atoms in total. The molecule has 2 rings (SSSR count). The zero-order chi connectivity index (χ0) is 11.5. The van der Waals surface area contributed by atoms with Crippen LogP contribution < -0.4 is 5.11 Å². The van der Waals surface area contributed by atoms with Crippen LogP contribution in [-0.2, 0) is 0 Å². The van der Waals surface area contributed by atoms with Gasteiger partial charge in [-0.25, -0.2) is 9.97 Å². The number of aromatic nitrogens is 3. The minimum Gasteiger partial charge on any atom is -0.543 e. The lowest BCUT2D eigenvalue weighted by atomic mass is 10.1. The highest BCUT2D eigenvalue weighted by Crippen LogP contribution is 2.17. The molecule has 5 heteroatoms. The predicted octanol–water partition coefficient (Wildman–Crippen LogP) is 0.211. The number of pyridine rings is 1. The highest BCUT2D eigenvalue weighted by molar-refractivity contribution is 5.91. The first-order valence-corrected chi connectivity index (χ1v) is 4.65. The summed E-state index contributed by atoms with van der Waals surface area (Å²) in [5.74, 6) is -1.000. The Bertz CT molecular complexity index is 526. The lowest BCUT2D eigenvalue weighted by Gasteiger charge is -2.08. The van der Waals surface area contributed by atoms with E-state index in [0.717, 1.165) is 0 Å². The standard InChI is InChI=1S/C11H9N3O2/c1-7-3-4-8(9(14-7)11(15)16)10-12-5-2-6-13-10/h2-6H,1H3,(H,15,16)/p-1. The summed E-state index contributed by atoms with van der Waals surface area (Å²) in [5, 5.41) is 10.9. The monoisotopic (exact) mass is 214 g/mol. The summed E-state index contributed by atoms with van der Waals surface area (Å²) < 4.78 is 0. The topological polar surface area (TPSA) is 78.8 Å². The van der Waals surface area contributed by atoms with Crippen LogP contribution in [0.15, 0.2) is 30.6 Å². The van der Waals surface area contributed by atoms with Crippen molar-refractivity contribution in [1.29, 1.82) is 0 Å². The van der Waals surface area contributed by atoms with Gasteiger partial charge in [-0.1, -0.05) is 0 Å². The fraction of sp³-hybridized carbons (Fsp3) is 0.0909. The Kier molecular flexibility index (Phi) is 2.59. The fourth-order valence-corrected chi connectivity index (χ4v) is 1.33. The van der Waals surface area contributed by atoms with E-state index < -0.39 is 5.97 Å². The zero-order valence-electron chi connectivity index (χ0n) is 8.54. The summed E-state index contributed by atoms with van der Waals surface area (Å²) in [4.78, 5) is 22.8. The van der Waals surface area contributed by atoms with Crippen LogP contribution in [-0.4, -0.2) is 20.9 Å². The molecule has 0 fully saturated rings. The van der Waals surface area contributed by atoms with Crippen molar-refractivity contribution >= 4 is 5.97 Å².